The lowest BCUT2D eigenvalue weighted by atomic mass is 9.72. The Labute approximate surface area is 187 Å². The number of rotatable bonds is 5. The second-order valence-electron chi connectivity index (χ2n) is 8.26. The van der Waals surface area contributed by atoms with Crippen LogP contribution in [0.3, 0.4) is 0 Å². The van der Waals surface area contributed by atoms with Crippen molar-refractivity contribution < 1.29 is 18.8 Å². The normalized spacial score (nSPS) is 19.8. The second kappa shape index (κ2) is 8.19. The van der Waals surface area contributed by atoms with Crippen LogP contribution in [0.5, 0.6) is 11.5 Å². The second-order valence-corrected chi connectivity index (χ2v) is 8.26. The van der Waals surface area contributed by atoms with Crippen molar-refractivity contribution in [1.29, 1.82) is 0 Å². The summed E-state index contributed by atoms with van der Waals surface area (Å²) in [5, 5.41) is 7.57. The molecule has 32 heavy (non-hydrogen) atoms. The number of methoxy groups -OCH3 is 1. The Bertz CT molecular complexity index is 1180. The number of ketones is 1. The molecule has 0 amide bonds. The van der Waals surface area contributed by atoms with Crippen molar-refractivity contribution in [3.05, 3.63) is 82.2 Å². The van der Waals surface area contributed by atoms with Crippen LogP contribution in [0.2, 0.25) is 0 Å². The summed E-state index contributed by atoms with van der Waals surface area (Å²) < 4.78 is 16.5. The van der Waals surface area contributed by atoms with E-state index in [1.54, 1.807) is 7.11 Å². The van der Waals surface area contributed by atoms with Gasteiger partial charge in [0.2, 0.25) is 5.88 Å². The van der Waals surface area contributed by atoms with Gasteiger partial charge in [-0.25, -0.2) is 0 Å². The highest BCUT2D eigenvalue weighted by Gasteiger charge is 2.41. The standard InChI is InChI=1S/C26H26N2O4/c1-4-31-20-11-7-17(8-12-20)24-23-15(2)28-32-26(23)27-21-13-18(14-22(29)25(21)24)16-5-9-19(30-3)10-6-16/h5-12,18,24,27H,4,13-14H2,1-3H3/t18-,24-/m1/s1. The maximum Gasteiger partial charge on any atom is 0.233 e. The Morgan fingerprint density at radius 2 is 1.72 bits per heavy atom. The van der Waals surface area contributed by atoms with E-state index in [2.05, 4.69) is 10.5 Å². The first kappa shape index (κ1) is 20.4. The van der Waals surface area contributed by atoms with Gasteiger partial charge >= 0.3 is 0 Å². The quantitative estimate of drug-likeness (QED) is 0.588. The van der Waals surface area contributed by atoms with Gasteiger partial charge in [0, 0.05) is 23.6 Å². The van der Waals surface area contributed by atoms with Crippen molar-refractivity contribution in [2.24, 2.45) is 0 Å². The van der Waals surface area contributed by atoms with Crippen LogP contribution < -0.4 is 14.8 Å². The van der Waals surface area contributed by atoms with Gasteiger partial charge in [-0.2, -0.15) is 0 Å². The van der Waals surface area contributed by atoms with Crippen LogP contribution in [0.15, 0.2) is 64.3 Å². The zero-order valence-electron chi connectivity index (χ0n) is 18.5. The van der Waals surface area contributed by atoms with Gasteiger partial charge in [0.05, 0.1) is 25.0 Å². The van der Waals surface area contributed by atoms with Crippen LogP contribution in [0.25, 0.3) is 0 Å². The maximum atomic E-state index is 13.5. The number of benzene rings is 2. The molecule has 1 aromatic heterocycles. The number of Topliss-reactive ketones (excluding diaryl/α,β-unsaturated/α-hetero) is 1. The van der Waals surface area contributed by atoms with E-state index in [4.69, 9.17) is 14.0 Å². The molecule has 2 heterocycles. The zero-order valence-corrected chi connectivity index (χ0v) is 18.5. The molecule has 2 aromatic carbocycles. The molecule has 3 aromatic rings. The van der Waals surface area contributed by atoms with Crippen molar-refractivity contribution in [1.82, 2.24) is 5.16 Å². The summed E-state index contributed by atoms with van der Waals surface area (Å²) in [6.07, 6.45) is 1.21. The number of carbonyl (C=O) groups excluding carboxylic acids is 1. The number of aryl methyl sites for hydroxylation is 1. The van der Waals surface area contributed by atoms with Crippen molar-refractivity contribution >= 4 is 11.7 Å². The van der Waals surface area contributed by atoms with Crippen molar-refractivity contribution in [2.75, 3.05) is 19.0 Å². The highest BCUT2D eigenvalue weighted by molar-refractivity contribution is 6.01. The van der Waals surface area contributed by atoms with E-state index >= 15 is 0 Å². The van der Waals surface area contributed by atoms with E-state index < -0.39 is 0 Å². The van der Waals surface area contributed by atoms with E-state index in [1.165, 1.54) is 0 Å². The molecule has 164 valence electrons. The lowest BCUT2D eigenvalue weighted by molar-refractivity contribution is -0.116. The molecule has 2 aliphatic rings. The van der Waals surface area contributed by atoms with Crippen LogP contribution in [0.1, 0.15) is 54.0 Å². The Balaban J connectivity index is 1.54. The predicted molar refractivity (Wildman–Crippen MR) is 121 cm³/mol. The number of allylic oxidation sites excluding steroid dienone is 2. The highest BCUT2D eigenvalue weighted by Crippen LogP contribution is 2.49. The van der Waals surface area contributed by atoms with E-state index in [0.717, 1.165) is 51.6 Å². The van der Waals surface area contributed by atoms with Crippen LogP contribution in [0, 0.1) is 6.92 Å². The Kier molecular flexibility index (Phi) is 5.21. The fraction of sp³-hybridized carbons (Fsp3) is 0.308. The summed E-state index contributed by atoms with van der Waals surface area (Å²) >= 11 is 0. The third-order valence-corrected chi connectivity index (χ3v) is 6.37. The SMILES string of the molecule is CCOc1ccc([C@H]2C3=C(C[C@@H](c4ccc(OC)cc4)CC3=O)Nc3onc(C)c32)cc1. The molecule has 1 aliphatic heterocycles. The smallest absolute Gasteiger partial charge is 0.233 e. The number of nitrogens with one attached hydrogen (secondary N) is 1. The van der Waals surface area contributed by atoms with E-state index in [1.807, 2.05) is 62.4 Å². The molecule has 0 saturated carbocycles. The number of anilines is 1. The average Bonchev–Trinajstić information content (AvgIpc) is 3.18. The molecular weight excluding hydrogens is 404 g/mol. The van der Waals surface area contributed by atoms with Gasteiger partial charge < -0.3 is 19.3 Å². The summed E-state index contributed by atoms with van der Waals surface area (Å²) in [5.41, 5.74) is 5.63. The van der Waals surface area contributed by atoms with Crippen LogP contribution in [-0.2, 0) is 4.79 Å². The predicted octanol–water partition coefficient (Wildman–Crippen LogP) is 5.35. The lowest BCUT2D eigenvalue weighted by Gasteiger charge is -2.34. The van der Waals surface area contributed by atoms with Gasteiger partial charge in [0.15, 0.2) is 5.78 Å². The number of aromatic nitrogens is 1. The molecule has 0 bridgehead atoms. The first-order valence-corrected chi connectivity index (χ1v) is 10.9. The molecule has 0 fully saturated rings. The van der Waals surface area contributed by atoms with Crippen molar-refractivity contribution in [2.45, 2.75) is 38.5 Å². The van der Waals surface area contributed by atoms with Crippen LogP contribution >= 0.6 is 0 Å². The number of nitrogens with zero attached hydrogens (tertiary/aromatic N) is 1. The first-order chi connectivity index (χ1) is 15.6. The topological polar surface area (TPSA) is 73.6 Å². The zero-order chi connectivity index (χ0) is 22.2. The average molecular weight is 431 g/mol. The Hall–Kier alpha value is -3.54. The van der Waals surface area contributed by atoms with Crippen LogP contribution in [0.4, 0.5) is 5.88 Å². The fourth-order valence-corrected chi connectivity index (χ4v) is 4.84. The molecule has 6 nitrogen and oxygen atoms in total. The van der Waals surface area contributed by atoms with Gasteiger partial charge in [0.25, 0.3) is 0 Å². The van der Waals surface area contributed by atoms with Gasteiger partial charge in [0.1, 0.15) is 11.5 Å². The summed E-state index contributed by atoms with van der Waals surface area (Å²) in [6.45, 7) is 4.50. The minimum atomic E-state index is -0.201. The lowest BCUT2D eigenvalue weighted by Crippen LogP contribution is -2.29. The third kappa shape index (κ3) is 3.45. The number of ether oxygens (including phenoxy) is 2. The van der Waals surface area contributed by atoms with Crippen molar-refractivity contribution in [3.63, 3.8) is 0 Å². The summed E-state index contributed by atoms with van der Waals surface area (Å²) in [6, 6.07) is 15.9. The van der Waals surface area contributed by atoms with E-state index in [9.17, 15) is 4.79 Å². The molecule has 0 spiro atoms. The van der Waals surface area contributed by atoms with E-state index in [0.29, 0.717) is 18.9 Å². The molecule has 6 heteroatoms. The van der Waals surface area contributed by atoms with Gasteiger partial charge in [-0.1, -0.05) is 29.4 Å². The molecule has 1 N–H and O–H groups in total. The molecule has 2 atom stereocenters. The maximum absolute atomic E-state index is 13.5. The summed E-state index contributed by atoms with van der Waals surface area (Å²) in [5.74, 6) is 2.31. The fourth-order valence-electron chi connectivity index (χ4n) is 4.84. The molecular formula is C26H26N2O4. The summed E-state index contributed by atoms with van der Waals surface area (Å²) in [7, 11) is 1.65. The van der Waals surface area contributed by atoms with Gasteiger partial charge in [-0.15, -0.1) is 0 Å². The largest absolute Gasteiger partial charge is 0.497 e. The number of carbonyl (C=O) groups is 1. The van der Waals surface area contributed by atoms with Gasteiger partial charge in [-0.3, -0.25) is 4.79 Å². The minimum Gasteiger partial charge on any atom is -0.497 e. The molecule has 0 radical (unpaired) electrons. The number of fused-ring (bicyclic) bond motifs is 1. The molecule has 0 saturated heterocycles. The molecule has 0 unspecified atom stereocenters. The first-order valence-electron chi connectivity index (χ1n) is 10.9. The molecule has 5 rings (SSSR count). The van der Waals surface area contributed by atoms with E-state index in [-0.39, 0.29) is 17.6 Å². The van der Waals surface area contributed by atoms with Crippen molar-refractivity contribution in [3.8, 4) is 11.5 Å². The Morgan fingerprint density at radius 3 is 2.41 bits per heavy atom. The highest BCUT2D eigenvalue weighted by atomic mass is 16.5. The summed E-state index contributed by atoms with van der Waals surface area (Å²) in [4.78, 5) is 13.5. The third-order valence-electron chi connectivity index (χ3n) is 6.37. The monoisotopic (exact) mass is 430 g/mol. The number of hydrogen-bond acceptors (Lipinski definition) is 6. The minimum absolute atomic E-state index is 0.103. The molecule has 1 aliphatic carbocycles. The Morgan fingerprint density at radius 1 is 1.03 bits per heavy atom. The van der Waals surface area contributed by atoms with Crippen LogP contribution in [-0.4, -0.2) is 24.7 Å². The number of hydrogen-bond donors (Lipinski definition) is 1. The van der Waals surface area contributed by atoms with Gasteiger partial charge in [-0.05, 0) is 61.6 Å².